The van der Waals surface area contributed by atoms with Gasteiger partial charge in [0.2, 0.25) is 10.0 Å². The molecule has 1 aliphatic rings. The van der Waals surface area contributed by atoms with Crippen molar-refractivity contribution in [2.75, 3.05) is 32.0 Å². The van der Waals surface area contributed by atoms with Crippen LogP contribution in [0.2, 0.25) is 0 Å². The maximum atomic E-state index is 11.7. The van der Waals surface area contributed by atoms with E-state index in [-0.39, 0.29) is 18.4 Å². The predicted molar refractivity (Wildman–Crippen MR) is 59.1 cm³/mol. The summed E-state index contributed by atoms with van der Waals surface area (Å²) in [6.45, 7) is 3.82. The van der Waals surface area contributed by atoms with Crippen LogP contribution in [0.5, 0.6) is 0 Å². The second kappa shape index (κ2) is 5.79. The van der Waals surface area contributed by atoms with Crippen LogP contribution in [0.4, 0.5) is 0 Å². The summed E-state index contributed by atoms with van der Waals surface area (Å²) in [7, 11) is -3.16. The van der Waals surface area contributed by atoms with Crippen LogP contribution in [0, 0.1) is 0 Å². The number of nitrogens with two attached hydrogens (primary N) is 1. The van der Waals surface area contributed by atoms with Gasteiger partial charge in [-0.1, -0.05) is 0 Å². The first-order valence-electron chi connectivity index (χ1n) is 5.39. The van der Waals surface area contributed by atoms with Crippen LogP contribution >= 0.6 is 0 Å². The maximum Gasteiger partial charge on any atom is 0.215 e. The molecule has 0 aromatic heterocycles. The Kier molecular flexibility index (Phi) is 4.98. The number of hydrogen-bond acceptors (Lipinski definition) is 4. The van der Waals surface area contributed by atoms with Crippen molar-refractivity contribution in [1.82, 2.24) is 4.31 Å². The van der Waals surface area contributed by atoms with Crippen molar-refractivity contribution >= 4 is 10.0 Å². The molecule has 1 unspecified atom stereocenters. The lowest BCUT2D eigenvalue weighted by Crippen LogP contribution is -2.45. The van der Waals surface area contributed by atoms with Crippen LogP contribution in [-0.4, -0.2) is 50.8 Å². The summed E-state index contributed by atoms with van der Waals surface area (Å²) >= 11 is 0. The Morgan fingerprint density at radius 1 is 1.53 bits per heavy atom. The highest BCUT2D eigenvalue weighted by molar-refractivity contribution is 7.89. The van der Waals surface area contributed by atoms with Gasteiger partial charge in [-0.3, -0.25) is 0 Å². The van der Waals surface area contributed by atoms with Gasteiger partial charge in [0.1, 0.15) is 0 Å². The average Bonchev–Trinajstić information content (AvgIpc) is 2.19. The standard InChI is InChI=1S/C9H20N2O3S/c1-2-14-9-4-3-6-11(8-9)15(12,13)7-5-10/h9H,2-8,10H2,1H3. The van der Waals surface area contributed by atoms with E-state index < -0.39 is 10.0 Å². The molecule has 0 aromatic carbocycles. The molecule has 1 saturated heterocycles. The molecule has 1 heterocycles. The highest BCUT2D eigenvalue weighted by Gasteiger charge is 2.28. The van der Waals surface area contributed by atoms with Gasteiger partial charge in [-0.25, -0.2) is 8.42 Å². The zero-order valence-electron chi connectivity index (χ0n) is 9.18. The monoisotopic (exact) mass is 236 g/mol. The number of nitrogens with zero attached hydrogens (tertiary/aromatic N) is 1. The van der Waals surface area contributed by atoms with Crippen molar-refractivity contribution < 1.29 is 13.2 Å². The Balaban J connectivity index is 2.55. The van der Waals surface area contributed by atoms with Gasteiger partial charge in [-0.15, -0.1) is 0 Å². The lowest BCUT2D eigenvalue weighted by atomic mass is 10.1. The number of rotatable bonds is 5. The normalized spacial score (nSPS) is 24.3. The molecular formula is C9H20N2O3S. The third kappa shape index (κ3) is 3.71. The van der Waals surface area contributed by atoms with Gasteiger partial charge in [-0.05, 0) is 19.8 Å². The topological polar surface area (TPSA) is 72.6 Å². The van der Waals surface area contributed by atoms with Crippen molar-refractivity contribution in [3.8, 4) is 0 Å². The van der Waals surface area contributed by atoms with E-state index in [1.54, 1.807) is 0 Å². The molecule has 15 heavy (non-hydrogen) atoms. The van der Waals surface area contributed by atoms with E-state index in [1.165, 1.54) is 4.31 Å². The molecule has 0 aromatic rings. The smallest absolute Gasteiger partial charge is 0.215 e. The number of sulfonamides is 1. The fourth-order valence-corrected chi connectivity index (χ4v) is 3.16. The van der Waals surface area contributed by atoms with Crippen LogP contribution in [-0.2, 0) is 14.8 Å². The van der Waals surface area contributed by atoms with Crippen LogP contribution in [0.15, 0.2) is 0 Å². The molecule has 0 aliphatic carbocycles. The van der Waals surface area contributed by atoms with Gasteiger partial charge in [0.05, 0.1) is 11.9 Å². The molecule has 1 fully saturated rings. The summed E-state index contributed by atoms with van der Waals surface area (Å²) in [6, 6.07) is 0. The summed E-state index contributed by atoms with van der Waals surface area (Å²) in [5.74, 6) is 0.0336. The Morgan fingerprint density at radius 2 is 2.27 bits per heavy atom. The number of ether oxygens (including phenoxy) is 1. The van der Waals surface area contributed by atoms with Crippen LogP contribution in [0.3, 0.4) is 0 Å². The Hall–Kier alpha value is -0.170. The zero-order chi connectivity index (χ0) is 11.3. The Labute approximate surface area is 91.6 Å². The van der Waals surface area contributed by atoms with Crippen molar-refractivity contribution in [3.05, 3.63) is 0 Å². The largest absolute Gasteiger partial charge is 0.377 e. The van der Waals surface area contributed by atoms with E-state index in [0.717, 1.165) is 12.8 Å². The van der Waals surface area contributed by atoms with Gasteiger partial charge in [0.25, 0.3) is 0 Å². The van der Waals surface area contributed by atoms with Crippen LogP contribution in [0.1, 0.15) is 19.8 Å². The first kappa shape index (κ1) is 12.9. The van der Waals surface area contributed by atoms with Gasteiger partial charge in [-0.2, -0.15) is 4.31 Å². The van der Waals surface area contributed by atoms with Gasteiger partial charge in [0.15, 0.2) is 0 Å². The Bertz CT molecular complexity index is 277. The highest BCUT2D eigenvalue weighted by Crippen LogP contribution is 2.16. The SMILES string of the molecule is CCOC1CCCN(S(=O)(=O)CCN)C1. The molecule has 0 radical (unpaired) electrons. The summed E-state index contributed by atoms with van der Waals surface area (Å²) < 4.78 is 30.4. The molecule has 1 atom stereocenters. The van der Waals surface area contributed by atoms with Crippen LogP contribution < -0.4 is 5.73 Å². The van der Waals surface area contributed by atoms with Crippen molar-refractivity contribution in [2.24, 2.45) is 5.73 Å². The van der Waals surface area contributed by atoms with Gasteiger partial charge >= 0.3 is 0 Å². The maximum absolute atomic E-state index is 11.7. The molecule has 1 aliphatic heterocycles. The minimum absolute atomic E-state index is 0.0336. The molecule has 0 amide bonds. The fourth-order valence-electron chi connectivity index (χ4n) is 1.81. The average molecular weight is 236 g/mol. The second-order valence-corrected chi connectivity index (χ2v) is 5.77. The molecule has 2 N–H and O–H groups in total. The van der Waals surface area contributed by atoms with E-state index in [1.807, 2.05) is 6.92 Å². The van der Waals surface area contributed by atoms with E-state index >= 15 is 0 Å². The van der Waals surface area contributed by atoms with Gasteiger partial charge in [0, 0.05) is 26.2 Å². The first-order chi connectivity index (χ1) is 7.10. The number of piperidine rings is 1. The van der Waals surface area contributed by atoms with Crippen LogP contribution in [0.25, 0.3) is 0 Å². The second-order valence-electron chi connectivity index (χ2n) is 3.68. The van der Waals surface area contributed by atoms with E-state index in [4.69, 9.17) is 10.5 Å². The zero-order valence-corrected chi connectivity index (χ0v) is 10.0. The summed E-state index contributed by atoms with van der Waals surface area (Å²) in [4.78, 5) is 0. The Morgan fingerprint density at radius 3 is 2.87 bits per heavy atom. The first-order valence-corrected chi connectivity index (χ1v) is 7.00. The van der Waals surface area contributed by atoms with Crippen molar-refractivity contribution in [1.29, 1.82) is 0 Å². The summed E-state index contributed by atoms with van der Waals surface area (Å²) in [5, 5.41) is 0. The third-order valence-electron chi connectivity index (χ3n) is 2.51. The molecule has 1 rings (SSSR count). The van der Waals surface area contributed by atoms with E-state index in [9.17, 15) is 8.42 Å². The lowest BCUT2D eigenvalue weighted by Gasteiger charge is -2.31. The quantitative estimate of drug-likeness (QED) is 0.716. The molecule has 90 valence electrons. The molecule has 6 heteroatoms. The minimum atomic E-state index is -3.16. The number of hydrogen-bond donors (Lipinski definition) is 1. The van der Waals surface area contributed by atoms with E-state index in [0.29, 0.717) is 19.7 Å². The van der Waals surface area contributed by atoms with Crippen molar-refractivity contribution in [2.45, 2.75) is 25.9 Å². The van der Waals surface area contributed by atoms with Crippen molar-refractivity contribution in [3.63, 3.8) is 0 Å². The molecule has 0 spiro atoms. The molecular weight excluding hydrogens is 216 g/mol. The molecule has 5 nitrogen and oxygen atoms in total. The summed E-state index contributed by atoms with van der Waals surface area (Å²) in [5.41, 5.74) is 5.28. The minimum Gasteiger partial charge on any atom is -0.377 e. The fraction of sp³-hybridized carbons (Fsp3) is 1.00. The lowest BCUT2D eigenvalue weighted by molar-refractivity contribution is 0.0265. The molecule has 0 bridgehead atoms. The van der Waals surface area contributed by atoms with E-state index in [2.05, 4.69) is 0 Å². The molecule has 0 saturated carbocycles. The van der Waals surface area contributed by atoms with Gasteiger partial charge < -0.3 is 10.5 Å². The third-order valence-corrected chi connectivity index (χ3v) is 4.38. The predicted octanol–water partition coefficient (Wildman–Crippen LogP) is -0.224. The highest BCUT2D eigenvalue weighted by atomic mass is 32.2. The summed E-state index contributed by atoms with van der Waals surface area (Å²) in [6.07, 6.45) is 1.87.